The van der Waals surface area contributed by atoms with Crippen molar-refractivity contribution in [2.24, 2.45) is 0 Å². The normalized spacial score (nSPS) is 10.4. The summed E-state index contributed by atoms with van der Waals surface area (Å²) in [4.78, 5) is 25.6. The number of hydrogen-bond donors (Lipinski definition) is 1. The van der Waals surface area contributed by atoms with Gasteiger partial charge in [0.25, 0.3) is 0 Å². The van der Waals surface area contributed by atoms with Gasteiger partial charge < -0.3 is 10.2 Å². The van der Waals surface area contributed by atoms with Crippen LogP contribution in [0.5, 0.6) is 0 Å². The topological polar surface area (TPSA) is 49.4 Å². The van der Waals surface area contributed by atoms with Crippen molar-refractivity contribution in [3.8, 4) is 0 Å². The molecule has 0 aliphatic carbocycles. The summed E-state index contributed by atoms with van der Waals surface area (Å²) in [6.45, 7) is 5.06. The second-order valence-electron chi connectivity index (χ2n) is 5.57. The highest BCUT2D eigenvalue weighted by Crippen LogP contribution is 2.22. The molecule has 0 unspecified atom stereocenters. The van der Waals surface area contributed by atoms with Gasteiger partial charge in [-0.25, -0.2) is 4.39 Å². The standard InChI is InChI=1S/C18H18ClFN2O2/c1-11-4-5-12(2)17(8-11)22(13(3)23)10-18(24)21-14-6-7-16(20)15(19)9-14/h4-9H,10H2,1-3H3,(H,21,24). The summed E-state index contributed by atoms with van der Waals surface area (Å²) in [5, 5.41) is 2.54. The predicted molar refractivity (Wildman–Crippen MR) is 94.0 cm³/mol. The minimum atomic E-state index is -0.560. The van der Waals surface area contributed by atoms with E-state index in [0.29, 0.717) is 11.4 Å². The Morgan fingerprint density at radius 2 is 1.88 bits per heavy atom. The van der Waals surface area contributed by atoms with Crippen LogP contribution >= 0.6 is 11.6 Å². The fraction of sp³-hybridized carbons (Fsp3) is 0.222. The lowest BCUT2D eigenvalue weighted by atomic mass is 10.1. The monoisotopic (exact) mass is 348 g/mol. The number of aryl methyl sites for hydroxylation is 2. The Balaban J connectivity index is 2.18. The van der Waals surface area contributed by atoms with E-state index in [0.717, 1.165) is 11.1 Å². The van der Waals surface area contributed by atoms with Gasteiger partial charge in [0, 0.05) is 18.3 Å². The van der Waals surface area contributed by atoms with E-state index in [-0.39, 0.29) is 17.5 Å². The van der Waals surface area contributed by atoms with Crippen LogP contribution in [0.25, 0.3) is 0 Å². The van der Waals surface area contributed by atoms with Crippen LogP contribution in [0.2, 0.25) is 5.02 Å². The molecule has 4 nitrogen and oxygen atoms in total. The van der Waals surface area contributed by atoms with E-state index in [1.54, 1.807) is 0 Å². The molecule has 0 aromatic heterocycles. The predicted octanol–water partition coefficient (Wildman–Crippen LogP) is 4.09. The molecule has 6 heteroatoms. The highest BCUT2D eigenvalue weighted by atomic mass is 35.5. The molecule has 24 heavy (non-hydrogen) atoms. The number of hydrogen-bond acceptors (Lipinski definition) is 2. The van der Waals surface area contributed by atoms with Gasteiger partial charge in [-0.3, -0.25) is 9.59 Å². The van der Waals surface area contributed by atoms with Crippen LogP contribution < -0.4 is 10.2 Å². The van der Waals surface area contributed by atoms with Crippen molar-refractivity contribution in [2.75, 3.05) is 16.8 Å². The third-order valence-corrected chi connectivity index (χ3v) is 3.83. The first-order valence-corrected chi connectivity index (χ1v) is 7.76. The minimum Gasteiger partial charge on any atom is -0.324 e. The molecule has 0 atom stereocenters. The molecule has 1 N–H and O–H groups in total. The molecule has 0 bridgehead atoms. The largest absolute Gasteiger partial charge is 0.324 e. The molecule has 0 aliphatic rings. The van der Waals surface area contributed by atoms with E-state index in [4.69, 9.17) is 11.6 Å². The molecule has 0 aliphatic heterocycles. The van der Waals surface area contributed by atoms with Crippen LogP contribution in [0, 0.1) is 19.7 Å². The number of carbonyl (C=O) groups is 2. The first-order valence-electron chi connectivity index (χ1n) is 7.38. The first-order chi connectivity index (χ1) is 11.3. The maximum atomic E-state index is 13.2. The average Bonchev–Trinajstić information content (AvgIpc) is 2.51. The lowest BCUT2D eigenvalue weighted by Crippen LogP contribution is -2.37. The van der Waals surface area contributed by atoms with Crippen LogP contribution in [-0.4, -0.2) is 18.4 Å². The zero-order valence-electron chi connectivity index (χ0n) is 13.7. The minimum absolute atomic E-state index is 0.0780. The van der Waals surface area contributed by atoms with E-state index in [9.17, 15) is 14.0 Å². The van der Waals surface area contributed by atoms with Gasteiger partial charge in [-0.05, 0) is 49.2 Å². The summed E-state index contributed by atoms with van der Waals surface area (Å²) in [7, 11) is 0. The summed E-state index contributed by atoms with van der Waals surface area (Å²) in [6, 6.07) is 9.61. The summed E-state index contributed by atoms with van der Waals surface area (Å²) < 4.78 is 13.2. The Morgan fingerprint density at radius 3 is 2.50 bits per heavy atom. The number of nitrogens with one attached hydrogen (secondary N) is 1. The van der Waals surface area contributed by atoms with Crippen molar-refractivity contribution in [3.05, 3.63) is 58.4 Å². The number of halogens is 2. The van der Waals surface area contributed by atoms with Gasteiger partial charge in [0.15, 0.2) is 0 Å². The molecule has 2 aromatic carbocycles. The molecule has 2 rings (SSSR count). The number of nitrogens with zero attached hydrogens (tertiary/aromatic N) is 1. The third kappa shape index (κ3) is 4.32. The van der Waals surface area contributed by atoms with Crippen molar-refractivity contribution in [1.29, 1.82) is 0 Å². The molecule has 0 saturated heterocycles. The number of amides is 2. The Labute approximate surface area is 145 Å². The first kappa shape index (κ1) is 17.9. The van der Waals surface area contributed by atoms with Gasteiger partial charge in [-0.1, -0.05) is 23.7 Å². The van der Waals surface area contributed by atoms with Gasteiger partial charge in [-0.2, -0.15) is 0 Å². The van der Waals surface area contributed by atoms with Crippen LogP contribution in [0.4, 0.5) is 15.8 Å². The van der Waals surface area contributed by atoms with Crippen LogP contribution in [0.3, 0.4) is 0 Å². The second kappa shape index (κ2) is 7.45. The van der Waals surface area contributed by atoms with E-state index in [2.05, 4.69) is 5.32 Å². The SMILES string of the molecule is CC(=O)N(CC(=O)Nc1ccc(F)c(Cl)c1)c1cc(C)ccc1C. The number of carbonyl (C=O) groups excluding carboxylic acids is 2. The van der Waals surface area contributed by atoms with Gasteiger partial charge in [-0.15, -0.1) is 0 Å². The van der Waals surface area contributed by atoms with Crippen LogP contribution in [0.1, 0.15) is 18.1 Å². The van der Waals surface area contributed by atoms with Gasteiger partial charge in [0.1, 0.15) is 12.4 Å². The Hall–Kier alpha value is -2.40. The van der Waals surface area contributed by atoms with Crippen molar-refractivity contribution in [3.63, 3.8) is 0 Å². The fourth-order valence-electron chi connectivity index (χ4n) is 2.29. The zero-order chi connectivity index (χ0) is 17.9. The Kier molecular flexibility index (Phi) is 5.57. The summed E-state index contributed by atoms with van der Waals surface area (Å²) in [5.74, 6) is -1.19. The highest BCUT2D eigenvalue weighted by Gasteiger charge is 2.18. The van der Waals surface area contributed by atoms with Gasteiger partial charge >= 0.3 is 0 Å². The maximum absolute atomic E-state index is 13.2. The molecule has 0 heterocycles. The quantitative estimate of drug-likeness (QED) is 0.904. The van der Waals surface area contributed by atoms with Crippen molar-refractivity contribution >= 4 is 34.8 Å². The third-order valence-electron chi connectivity index (χ3n) is 3.54. The Morgan fingerprint density at radius 1 is 1.17 bits per heavy atom. The zero-order valence-corrected chi connectivity index (χ0v) is 14.4. The van der Waals surface area contributed by atoms with Crippen LogP contribution in [-0.2, 0) is 9.59 Å². The van der Waals surface area contributed by atoms with Crippen LogP contribution in [0.15, 0.2) is 36.4 Å². The second-order valence-corrected chi connectivity index (χ2v) is 5.98. The van der Waals surface area contributed by atoms with E-state index < -0.39 is 11.7 Å². The van der Waals surface area contributed by atoms with E-state index in [1.165, 1.54) is 30.0 Å². The van der Waals surface area contributed by atoms with Gasteiger partial charge in [0.05, 0.1) is 5.02 Å². The number of anilines is 2. The van der Waals surface area contributed by atoms with E-state index >= 15 is 0 Å². The molecular weight excluding hydrogens is 331 g/mol. The fourth-order valence-corrected chi connectivity index (χ4v) is 2.47. The smallest absolute Gasteiger partial charge is 0.244 e. The summed E-state index contributed by atoms with van der Waals surface area (Å²) in [6.07, 6.45) is 0. The molecule has 0 spiro atoms. The van der Waals surface area contributed by atoms with Gasteiger partial charge in [0.2, 0.25) is 11.8 Å². The lowest BCUT2D eigenvalue weighted by molar-refractivity contribution is -0.120. The van der Waals surface area contributed by atoms with Crippen molar-refractivity contribution in [1.82, 2.24) is 0 Å². The molecule has 0 fully saturated rings. The molecule has 2 amide bonds. The molecule has 0 radical (unpaired) electrons. The number of rotatable bonds is 4. The number of benzene rings is 2. The summed E-state index contributed by atoms with van der Waals surface area (Å²) in [5.41, 5.74) is 2.95. The molecular formula is C18H18ClFN2O2. The Bertz CT molecular complexity index is 793. The lowest BCUT2D eigenvalue weighted by Gasteiger charge is -2.23. The molecule has 0 saturated carbocycles. The molecule has 2 aromatic rings. The highest BCUT2D eigenvalue weighted by molar-refractivity contribution is 6.31. The van der Waals surface area contributed by atoms with Crippen molar-refractivity contribution < 1.29 is 14.0 Å². The summed E-state index contributed by atoms with van der Waals surface area (Å²) >= 11 is 5.70. The maximum Gasteiger partial charge on any atom is 0.244 e. The van der Waals surface area contributed by atoms with E-state index in [1.807, 2.05) is 32.0 Å². The average molecular weight is 349 g/mol. The van der Waals surface area contributed by atoms with Crippen molar-refractivity contribution in [2.45, 2.75) is 20.8 Å². The molecule has 126 valence electrons.